The monoisotopic (exact) mass is 512 g/mol. The molecule has 0 aliphatic heterocycles. The number of unbranched alkanes of at least 4 members (excludes halogenated alkanes) is 13. The minimum atomic E-state index is -3.60. The molecule has 0 aromatic heterocycles. The third kappa shape index (κ3) is 12.8. The van der Waals surface area contributed by atoms with Crippen molar-refractivity contribution < 1.29 is 12.6 Å². The Hall–Kier alpha value is -0.140. The van der Waals surface area contributed by atoms with Gasteiger partial charge in [-0.1, -0.05) is 90.4 Å². The molecule has 1 aromatic rings. The highest BCUT2D eigenvalue weighted by Crippen LogP contribution is 2.16. The Morgan fingerprint density at radius 2 is 1.11 bits per heavy atom. The van der Waals surface area contributed by atoms with E-state index in [9.17, 15) is 8.42 Å². The zero-order valence-electron chi connectivity index (χ0n) is 16.9. The summed E-state index contributed by atoms with van der Waals surface area (Å²) in [5, 5.41) is 0. The summed E-state index contributed by atoms with van der Waals surface area (Å²) in [4.78, 5) is 0.244. The van der Waals surface area contributed by atoms with Crippen LogP contribution in [-0.2, 0) is 14.3 Å². The van der Waals surface area contributed by atoms with Gasteiger partial charge in [0.05, 0.1) is 11.5 Å². The summed E-state index contributed by atoms with van der Waals surface area (Å²) < 4.78 is 30.3. The third-order valence-corrected chi connectivity index (χ3v) is 6.88. The van der Waals surface area contributed by atoms with Crippen molar-refractivity contribution >= 4 is 32.7 Å². The highest BCUT2D eigenvalue weighted by atomic mass is 131. The predicted octanol–water partition coefficient (Wildman–Crippen LogP) is 7.48. The molecular formula is C22H37IO3S. The van der Waals surface area contributed by atoms with Crippen LogP contribution in [-0.4, -0.2) is 15.0 Å². The van der Waals surface area contributed by atoms with Crippen molar-refractivity contribution in [2.24, 2.45) is 0 Å². The van der Waals surface area contributed by atoms with Gasteiger partial charge < -0.3 is 0 Å². The second-order valence-electron chi connectivity index (χ2n) is 7.33. The van der Waals surface area contributed by atoms with Crippen LogP contribution in [0.1, 0.15) is 96.8 Å². The Balaban J connectivity index is 1.91. The van der Waals surface area contributed by atoms with E-state index in [0.717, 1.165) is 16.4 Å². The number of benzene rings is 1. The summed E-state index contributed by atoms with van der Waals surface area (Å²) in [5.41, 5.74) is 0. The second-order valence-corrected chi connectivity index (χ2v) is 10.2. The summed E-state index contributed by atoms with van der Waals surface area (Å²) in [6.45, 7) is 2.55. The fourth-order valence-electron chi connectivity index (χ4n) is 3.13. The minimum Gasteiger partial charge on any atom is -0.266 e. The van der Waals surface area contributed by atoms with Crippen molar-refractivity contribution in [2.75, 3.05) is 6.61 Å². The van der Waals surface area contributed by atoms with Gasteiger partial charge in [0.25, 0.3) is 10.1 Å². The lowest BCUT2D eigenvalue weighted by Crippen LogP contribution is -2.07. The zero-order valence-corrected chi connectivity index (χ0v) is 19.9. The van der Waals surface area contributed by atoms with E-state index in [1.54, 1.807) is 24.3 Å². The van der Waals surface area contributed by atoms with Crippen LogP contribution in [0.4, 0.5) is 0 Å². The molecule has 0 saturated heterocycles. The molecule has 0 aliphatic carbocycles. The van der Waals surface area contributed by atoms with Crippen molar-refractivity contribution in [1.29, 1.82) is 0 Å². The maximum absolute atomic E-state index is 12.1. The standard InChI is InChI=1S/C22H37IO3S/c1-2-3-4-5-6-7-8-9-10-11-12-13-14-15-20-26-27(24,25)22-18-16-21(23)17-19-22/h16-19H,2-15,20H2,1H3/i23+4. The second kappa shape index (κ2) is 15.7. The van der Waals surface area contributed by atoms with Crippen molar-refractivity contribution in [3.63, 3.8) is 0 Å². The van der Waals surface area contributed by atoms with Gasteiger partial charge in [0.15, 0.2) is 0 Å². The summed E-state index contributed by atoms with van der Waals surface area (Å²) in [5.74, 6) is 0. The maximum Gasteiger partial charge on any atom is 0.296 e. The first-order valence-electron chi connectivity index (χ1n) is 10.7. The van der Waals surface area contributed by atoms with Crippen molar-refractivity contribution in [1.82, 2.24) is 0 Å². The lowest BCUT2D eigenvalue weighted by Gasteiger charge is -2.06. The van der Waals surface area contributed by atoms with E-state index in [2.05, 4.69) is 29.5 Å². The molecule has 27 heavy (non-hydrogen) atoms. The summed E-state index contributed by atoms with van der Waals surface area (Å²) in [6, 6.07) is 6.76. The van der Waals surface area contributed by atoms with E-state index in [4.69, 9.17) is 4.18 Å². The Labute approximate surface area is 180 Å². The van der Waals surface area contributed by atoms with Crippen LogP contribution >= 0.6 is 22.6 Å². The molecule has 156 valence electrons. The molecule has 1 aromatic carbocycles. The summed E-state index contributed by atoms with van der Waals surface area (Å²) in [7, 11) is -3.60. The number of rotatable bonds is 17. The number of hydrogen-bond donors (Lipinski definition) is 0. The predicted molar refractivity (Wildman–Crippen MR) is 123 cm³/mol. The lowest BCUT2D eigenvalue weighted by atomic mass is 10.0. The SMILES string of the molecule is CCCCCCCCCCCCCCCCOS(=O)(=O)c1ccc([131I])cc1. The Kier molecular flexibility index (Phi) is 14.5. The quantitative estimate of drug-likeness (QED) is 0.124. The molecule has 0 unspecified atom stereocenters. The van der Waals surface area contributed by atoms with Crippen LogP contribution in [0.2, 0.25) is 0 Å². The van der Waals surface area contributed by atoms with E-state index >= 15 is 0 Å². The van der Waals surface area contributed by atoms with Gasteiger partial charge >= 0.3 is 0 Å². The molecule has 0 amide bonds. The van der Waals surface area contributed by atoms with E-state index in [1.165, 1.54) is 77.0 Å². The van der Waals surface area contributed by atoms with Crippen LogP contribution in [0.25, 0.3) is 0 Å². The zero-order chi connectivity index (χ0) is 19.8. The van der Waals surface area contributed by atoms with Gasteiger partial charge in [-0.2, -0.15) is 8.42 Å². The summed E-state index contributed by atoms with van der Waals surface area (Å²) in [6.07, 6.45) is 18.0. The molecule has 0 saturated carbocycles. The van der Waals surface area contributed by atoms with Crippen LogP contribution < -0.4 is 0 Å². The molecule has 1 rings (SSSR count). The Bertz CT molecular complexity index is 570. The van der Waals surface area contributed by atoms with Gasteiger partial charge in [-0.15, -0.1) is 0 Å². The van der Waals surface area contributed by atoms with Crippen LogP contribution in [0.15, 0.2) is 29.2 Å². The first-order chi connectivity index (χ1) is 13.1. The molecule has 0 spiro atoms. The van der Waals surface area contributed by atoms with E-state index in [1.807, 2.05) is 0 Å². The average molecular weight is 513 g/mol. The van der Waals surface area contributed by atoms with E-state index < -0.39 is 10.1 Å². The van der Waals surface area contributed by atoms with Crippen LogP contribution in [0, 0.1) is 3.57 Å². The average Bonchev–Trinajstić information content (AvgIpc) is 2.65. The number of halogens is 1. The molecule has 0 heterocycles. The Morgan fingerprint density at radius 1 is 0.704 bits per heavy atom. The smallest absolute Gasteiger partial charge is 0.266 e. The van der Waals surface area contributed by atoms with Crippen LogP contribution in [0.5, 0.6) is 0 Å². The highest BCUT2D eigenvalue weighted by Gasteiger charge is 2.14. The van der Waals surface area contributed by atoms with Gasteiger partial charge in [-0.3, -0.25) is 4.18 Å². The molecule has 5 heteroatoms. The highest BCUT2D eigenvalue weighted by molar-refractivity contribution is 14.1. The van der Waals surface area contributed by atoms with Crippen molar-refractivity contribution in [3.05, 3.63) is 27.8 Å². The Morgan fingerprint density at radius 3 is 1.56 bits per heavy atom. The van der Waals surface area contributed by atoms with Gasteiger partial charge in [0.1, 0.15) is 0 Å². The fourth-order valence-corrected chi connectivity index (χ4v) is 4.44. The van der Waals surface area contributed by atoms with Gasteiger partial charge in [-0.05, 0) is 53.3 Å². The topological polar surface area (TPSA) is 43.4 Å². The third-order valence-electron chi connectivity index (χ3n) is 4.84. The van der Waals surface area contributed by atoms with Crippen molar-refractivity contribution in [3.8, 4) is 0 Å². The fraction of sp³-hybridized carbons (Fsp3) is 0.727. The van der Waals surface area contributed by atoms with E-state index in [-0.39, 0.29) is 11.5 Å². The minimum absolute atomic E-state index is 0.244. The van der Waals surface area contributed by atoms with Gasteiger partial charge in [0.2, 0.25) is 0 Å². The van der Waals surface area contributed by atoms with Gasteiger partial charge in [-0.25, -0.2) is 0 Å². The maximum atomic E-state index is 12.1. The van der Waals surface area contributed by atoms with Crippen molar-refractivity contribution in [2.45, 2.75) is 102 Å². The molecule has 0 aliphatic rings. The largest absolute Gasteiger partial charge is 0.296 e. The molecular weight excluding hydrogens is 475 g/mol. The number of hydrogen-bond acceptors (Lipinski definition) is 3. The van der Waals surface area contributed by atoms with E-state index in [0.29, 0.717) is 0 Å². The normalized spacial score (nSPS) is 11.8. The first-order valence-corrected chi connectivity index (χ1v) is 13.2. The molecule has 0 N–H and O–H groups in total. The lowest BCUT2D eigenvalue weighted by molar-refractivity contribution is 0.306. The molecule has 0 radical (unpaired) electrons. The molecule has 0 fully saturated rings. The van der Waals surface area contributed by atoms with Gasteiger partial charge in [0, 0.05) is 3.57 Å². The molecule has 0 atom stereocenters. The molecule has 3 nitrogen and oxygen atoms in total. The summed E-state index contributed by atoms with van der Waals surface area (Å²) >= 11 is 2.15. The first kappa shape index (κ1) is 24.9. The van der Waals surface area contributed by atoms with Crippen LogP contribution in [0.3, 0.4) is 0 Å². The molecule has 0 bridgehead atoms.